The van der Waals surface area contributed by atoms with E-state index in [-0.39, 0.29) is 5.79 Å². The van der Waals surface area contributed by atoms with Crippen molar-refractivity contribution in [3.8, 4) is 0 Å². The minimum atomic E-state index is -0.302. The molecule has 0 aromatic heterocycles. The molecule has 0 heterocycles. The van der Waals surface area contributed by atoms with Crippen molar-refractivity contribution in [3.63, 3.8) is 0 Å². The van der Waals surface area contributed by atoms with Crippen molar-refractivity contribution in [3.05, 3.63) is 35.9 Å². The molecule has 2 rings (SSSR count). The molecule has 0 amide bonds. The van der Waals surface area contributed by atoms with Gasteiger partial charge in [0, 0.05) is 26.1 Å². The van der Waals surface area contributed by atoms with Crippen LogP contribution in [0.15, 0.2) is 30.3 Å². The average Bonchev–Trinajstić information content (AvgIpc) is 2.27. The van der Waals surface area contributed by atoms with E-state index in [1.54, 1.807) is 0 Å². The Bertz CT molecular complexity index is 307. The van der Waals surface area contributed by atoms with Gasteiger partial charge in [0.15, 0.2) is 5.79 Å². The summed E-state index contributed by atoms with van der Waals surface area (Å²) in [5.41, 5.74) is 1.40. The van der Waals surface area contributed by atoms with Crippen LogP contribution in [0.5, 0.6) is 0 Å². The number of hydrogen-bond acceptors (Lipinski definition) is 2. The molecule has 88 valence electrons. The van der Waals surface area contributed by atoms with Gasteiger partial charge >= 0.3 is 0 Å². The summed E-state index contributed by atoms with van der Waals surface area (Å²) in [4.78, 5) is 0. The Morgan fingerprint density at radius 3 is 2.12 bits per heavy atom. The molecular weight excluding hydrogens is 200 g/mol. The Morgan fingerprint density at radius 2 is 1.62 bits per heavy atom. The number of ether oxygens (including phenoxy) is 2. The SMILES string of the molecule is CCOC1(OCC)CC(c2ccccc2)C1. The monoisotopic (exact) mass is 220 g/mol. The molecule has 1 aliphatic rings. The first kappa shape index (κ1) is 11.6. The lowest BCUT2D eigenvalue weighted by Gasteiger charge is -2.46. The molecule has 1 aliphatic carbocycles. The summed E-state index contributed by atoms with van der Waals surface area (Å²) in [6.07, 6.45) is 1.97. The topological polar surface area (TPSA) is 18.5 Å². The Hall–Kier alpha value is -0.860. The molecule has 1 aromatic rings. The fraction of sp³-hybridized carbons (Fsp3) is 0.571. The van der Waals surface area contributed by atoms with Crippen LogP contribution in [-0.2, 0) is 9.47 Å². The van der Waals surface area contributed by atoms with Crippen LogP contribution >= 0.6 is 0 Å². The van der Waals surface area contributed by atoms with Gasteiger partial charge in [0.05, 0.1) is 0 Å². The minimum Gasteiger partial charge on any atom is -0.350 e. The average molecular weight is 220 g/mol. The molecule has 16 heavy (non-hydrogen) atoms. The molecule has 0 N–H and O–H groups in total. The second-order valence-electron chi connectivity index (χ2n) is 4.29. The zero-order valence-electron chi connectivity index (χ0n) is 10.1. The van der Waals surface area contributed by atoms with Gasteiger partial charge in [0.25, 0.3) is 0 Å². The Balaban J connectivity index is 1.96. The van der Waals surface area contributed by atoms with E-state index >= 15 is 0 Å². The van der Waals surface area contributed by atoms with Crippen molar-refractivity contribution >= 4 is 0 Å². The molecule has 0 spiro atoms. The van der Waals surface area contributed by atoms with E-state index in [2.05, 4.69) is 30.3 Å². The van der Waals surface area contributed by atoms with Gasteiger partial charge in [-0.2, -0.15) is 0 Å². The summed E-state index contributed by atoms with van der Waals surface area (Å²) in [5.74, 6) is 0.295. The molecule has 0 radical (unpaired) electrons. The van der Waals surface area contributed by atoms with Crippen LogP contribution in [0.2, 0.25) is 0 Å². The van der Waals surface area contributed by atoms with Crippen molar-refractivity contribution in [2.75, 3.05) is 13.2 Å². The molecule has 1 aromatic carbocycles. The van der Waals surface area contributed by atoms with Crippen LogP contribution in [0, 0.1) is 0 Å². The van der Waals surface area contributed by atoms with Crippen molar-refractivity contribution in [1.82, 2.24) is 0 Å². The smallest absolute Gasteiger partial charge is 0.169 e. The number of hydrogen-bond donors (Lipinski definition) is 0. The first-order valence-electron chi connectivity index (χ1n) is 6.12. The fourth-order valence-electron chi connectivity index (χ4n) is 2.46. The van der Waals surface area contributed by atoms with E-state index < -0.39 is 0 Å². The molecule has 0 saturated heterocycles. The Kier molecular flexibility index (Phi) is 3.62. The van der Waals surface area contributed by atoms with E-state index in [0.717, 1.165) is 26.1 Å². The quantitative estimate of drug-likeness (QED) is 0.709. The van der Waals surface area contributed by atoms with Crippen LogP contribution < -0.4 is 0 Å². The first-order valence-corrected chi connectivity index (χ1v) is 6.12. The van der Waals surface area contributed by atoms with Crippen LogP contribution in [0.1, 0.15) is 38.2 Å². The fourth-order valence-corrected chi connectivity index (χ4v) is 2.46. The van der Waals surface area contributed by atoms with Crippen molar-refractivity contribution < 1.29 is 9.47 Å². The highest BCUT2D eigenvalue weighted by Crippen LogP contribution is 2.47. The zero-order chi connectivity index (χ0) is 11.4. The predicted octanol–water partition coefficient (Wildman–Crippen LogP) is 3.33. The number of rotatable bonds is 5. The maximum atomic E-state index is 5.74. The van der Waals surface area contributed by atoms with Gasteiger partial charge in [0.1, 0.15) is 0 Å². The van der Waals surface area contributed by atoms with E-state index in [0.29, 0.717) is 5.92 Å². The van der Waals surface area contributed by atoms with Gasteiger partial charge < -0.3 is 9.47 Å². The minimum absolute atomic E-state index is 0.302. The first-order chi connectivity index (χ1) is 7.79. The summed E-state index contributed by atoms with van der Waals surface area (Å²) in [5, 5.41) is 0. The molecular formula is C14H20O2. The Labute approximate surface area is 97.6 Å². The maximum absolute atomic E-state index is 5.74. The predicted molar refractivity (Wildman–Crippen MR) is 64.4 cm³/mol. The third kappa shape index (κ3) is 2.28. The third-order valence-electron chi connectivity index (χ3n) is 3.20. The molecule has 1 fully saturated rings. The van der Waals surface area contributed by atoms with Gasteiger partial charge in [0.2, 0.25) is 0 Å². The number of benzene rings is 1. The molecule has 0 unspecified atom stereocenters. The third-order valence-corrected chi connectivity index (χ3v) is 3.20. The van der Waals surface area contributed by atoms with Crippen LogP contribution in [0.25, 0.3) is 0 Å². The van der Waals surface area contributed by atoms with Crippen molar-refractivity contribution in [1.29, 1.82) is 0 Å². The Morgan fingerprint density at radius 1 is 1.06 bits per heavy atom. The highest BCUT2D eigenvalue weighted by atomic mass is 16.7. The van der Waals surface area contributed by atoms with Crippen LogP contribution in [-0.4, -0.2) is 19.0 Å². The summed E-state index contributed by atoms with van der Waals surface area (Å²) in [6.45, 7) is 5.50. The van der Waals surface area contributed by atoms with Gasteiger partial charge in [-0.15, -0.1) is 0 Å². The summed E-state index contributed by atoms with van der Waals surface area (Å²) >= 11 is 0. The molecule has 0 bridgehead atoms. The van der Waals surface area contributed by atoms with Crippen molar-refractivity contribution in [2.24, 2.45) is 0 Å². The lowest BCUT2D eigenvalue weighted by Crippen LogP contribution is -2.47. The molecule has 2 nitrogen and oxygen atoms in total. The van der Waals surface area contributed by atoms with Gasteiger partial charge in [-0.25, -0.2) is 0 Å². The van der Waals surface area contributed by atoms with Gasteiger partial charge in [-0.05, 0) is 25.3 Å². The summed E-state index contributed by atoms with van der Waals surface area (Å²) in [7, 11) is 0. The summed E-state index contributed by atoms with van der Waals surface area (Å²) < 4.78 is 11.5. The maximum Gasteiger partial charge on any atom is 0.169 e. The van der Waals surface area contributed by atoms with Crippen LogP contribution in [0.4, 0.5) is 0 Å². The summed E-state index contributed by atoms with van der Waals surface area (Å²) in [6, 6.07) is 10.6. The van der Waals surface area contributed by atoms with E-state index in [1.807, 2.05) is 13.8 Å². The van der Waals surface area contributed by atoms with E-state index in [4.69, 9.17) is 9.47 Å². The largest absolute Gasteiger partial charge is 0.350 e. The lowest BCUT2D eigenvalue weighted by molar-refractivity contribution is -0.280. The normalized spacial score (nSPS) is 19.4. The highest BCUT2D eigenvalue weighted by molar-refractivity contribution is 5.23. The van der Waals surface area contributed by atoms with Crippen LogP contribution in [0.3, 0.4) is 0 Å². The van der Waals surface area contributed by atoms with E-state index in [9.17, 15) is 0 Å². The molecule has 0 aliphatic heterocycles. The van der Waals surface area contributed by atoms with E-state index in [1.165, 1.54) is 5.56 Å². The zero-order valence-corrected chi connectivity index (χ0v) is 10.1. The standard InChI is InChI=1S/C14H20O2/c1-3-15-14(16-4-2)10-13(11-14)12-8-6-5-7-9-12/h5-9,13H,3-4,10-11H2,1-2H3. The highest BCUT2D eigenvalue weighted by Gasteiger charge is 2.46. The second-order valence-corrected chi connectivity index (χ2v) is 4.29. The molecule has 2 heteroatoms. The second kappa shape index (κ2) is 4.98. The lowest BCUT2D eigenvalue weighted by atomic mass is 9.74. The van der Waals surface area contributed by atoms with Gasteiger partial charge in [-0.1, -0.05) is 30.3 Å². The van der Waals surface area contributed by atoms with Crippen molar-refractivity contribution in [2.45, 2.75) is 38.4 Å². The molecule has 1 saturated carbocycles. The molecule has 0 atom stereocenters. The van der Waals surface area contributed by atoms with Gasteiger partial charge in [-0.3, -0.25) is 0 Å².